The van der Waals surface area contributed by atoms with E-state index >= 15 is 0 Å². The molecule has 2 aromatic rings. The topological polar surface area (TPSA) is 82.9 Å². The van der Waals surface area contributed by atoms with Crippen LogP contribution in [0.3, 0.4) is 0 Å². The highest BCUT2D eigenvalue weighted by Gasteiger charge is 2.22. The van der Waals surface area contributed by atoms with E-state index in [9.17, 15) is 0 Å². The summed E-state index contributed by atoms with van der Waals surface area (Å²) in [5, 5.41) is 10.7. The van der Waals surface area contributed by atoms with E-state index in [-0.39, 0.29) is 0 Å². The average molecular weight is 290 g/mol. The Balaban J connectivity index is 1.62. The number of aryl methyl sites for hydroxylation is 1. The van der Waals surface area contributed by atoms with Gasteiger partial charge in [0.1, 0.15) is 0 Å². The smallest absolute Gasteiger partial charge is 0.245 e. The summed E-state index contributed by atoms with van der Waals surface area (Å²) in [5.74, 6) is 2.82. The number of oxazole rings is 1. The van der Waals surface area contributed by atoms with E-state index in [2.05, 4.69) is 37.3 Å². The van der Waals surface area contributed by atoms with E-state index in [1.807, 2.05) is 6.92 Å². The van der Waals surface area contributed by atoms with E-state index in [4.69, 9.17) is 4.42 Å². The van der Waals surface area contributed by atoms with Crippen LogP contribution in [0.5, 0.6) is 0 Å². The van der Waals surface area contributed by atoms with Crippen molar-refractivity contribution in [3.05, 3.63) is 12.1 Å². The molecular formula is C14H22N6O. The summed E-state index contributed by atoms with van der Waals surface area (Å²) >= 11 is 0. The van der Waals surface area contributed by atoms with Gasteiger partial charge in [0.15, 0.2) is 18.0 Å². The van der Waals surface area contributed by atoms with Crippen LogP contribution in [0.25, 0.3) is 11.6 Å². The van der Waals surface area contributed by atoms with E-state index in [0.717, 1.165) is 43.7 Å². The van der Waals surface area contributed by atoms with Gasteiger partial charge in [-0.2, -0.15) is 4.98 Å². The van der Waals surface area contributed by atoms with Gasteiger partial charge in [0.05, 0.1) is 5.69 Å². The van der Waals surface area contributed by atoms with Gasteiger partial charge in [-0.15, -0.1) is 5.10 Å². The zero-order chi connectivity index (χ0) is 14.7. The van der Waals surface area contributed by atoms with Crippen LogP contribution >= 0.6 is 0 Å². The molecule has 114 valence electrons. The van der Waals surface area contributed by atoms with Gasteiger partial charge in [-0.3, -0.25) is 5.10 Å². The number of aromatic amines is 1. The minimum atomic E-state index is 0.648. The zero-order valence-corrected chi connectivity index (χ0v) is 12.6. The molecule has 1 fully saturated rings. The monoisotopic (exact) mass is 290 g/mol. The van der Waals surface area contributed by atoms with E-state index in [1.165, 1.54) is 19.2 Å². The molecule has 1 saturated heterocycles. The Bertz CT molecular complexity index is 570. The van der Waals surface area contributed by atoms with Crippen LogP contribution in [-0.2, 0) is 0 Å². The Hall–Kier alpha value is -1.89. The van der Waals surface area contributed by atoms with E-state index in [1.54, 1.807) is 0 Å². The number of piperidine rings is 1. The van der Waals surface area contributed by atoms with Gasteiger partial charge in [-0.25, -0.2) is 4.98 Å². The summed E-state index contributed by atoms with van der Waals surface area (Å²) < 4.78 is 5.34. The lowest BCUT2D eigenvalue weighted by molar-refractivity contribution is 0.384. The van der Waals surface area contributed by atoms with Crippen LogP contribution in [0.4, 0.5) is 5.95 Å². The number of hydrogen-bond acceptors (Lipinski definition) is 6. The van der Waals surface area contributed by atoms with Gasteiger partial charge in [-0.05, 0) is 38.8 Å². The molecule has 1 aliphatic rings. The molecule has 0 amide bonds. The highest BCUT2D eigenvalue weighted by molar-refractivity contribution is 5.51. The molecule has 7 nitrogen and oxygen atoms in total. The molecule has 7 heteroatoms. The maximum absolute atomic E-state index is 5.34. The Morgan fingerprint density at radius 2 is 2.24 bits per heavy atom. The van der Waals surface area contributed by atoms with Crippen LogP contribution in [0, 0.1) is 12.8 Å². The minimum Gasteiger partial charge on any atom is -0.440 e. The quantitative estimate of drug-likeness (QED) is 0.870. The average Bonchev–Trinajstić information content (AvgIpc) is 3.14. The van der Waals surface area contributed by atoms with Gasteiger partial charge >= 0.3 is 0 Å². The molecule has 0 unspecified atom stereocenters. The Kier molecular flexibility index (Phi) is 4.19. The van der Waals surface area contributed by atoms with Crippen molar-refractivity contribution in [1.82, 2.24) is 25.5 Å². The van der Waals surface area contributed by atoms with Gasteiger partial charge < -0.3 is 14.6 Å². The third-order valence-electron chi connectivity index (χ3n) is 4.01. The van der Waals surface area contributed by atoms with Crippen LogP contribution in [0.1, 0.15) is 25.5 Å². The third kappa shape index (κ3) is 3.07. The lowest BCUT2D eigenvalue weighted by atomic mass is 9.97. The maximum Gasteiger partial charge on any atom is 0.245 e. The molecule has 0 radical (unpaired) electrons. The molecule has 2 N–H and O–H groups in total. The molecule has 0 atom stereocenters. The predicted molar refractivity (Wildman–Crippen MR) is 80.1 cm³/mol. The second-order valence-corrected chi connectivity index (χ2v) is 5.49. The van der Waals surface area contributed by atoms with Gasteiger partial charge in [0.2, 0.25) is 5.95 Å². The summed E-state index contributed by atoms with van der Waals surface area (Å²) in [6, 6.07) is 0. The first-order chi connectivity index (χ1) is 10.3. The SMILES string of the molecule is CCNCC1CCN(c2n[nH]c(-c3ocnc3C)n2)CC1. The van der Waals surface area contributed by atoms with Crippen molar-refractivity contribution in [1.29, 1.82) is 0 Å². The molecule has 1 aliphatic heterocycles. The molecule has 3 heterocycles. The molecule has 0 aromatic carbocycles. The number of hydrogen-bond donors (Lipinski definition) is 2. The summed E-state index contributed by atoms with van der Waals surface area (Å²) in [6.07, 6.45) is 3.79. The largest absolute Gasteiger partial charge is 0.440 e. The number of aromatic nitrogens is 4. The van der Waals surface area contributed by atoms with E-state index in [0.29, 0.717) is 11.6 Å². The molecule has 0 bridgehead atoms. The van der Waals surface area contributed by atoms with Crippen molar-refractivity contribution in [3.63, 3.8) is 0 Å². The predicted octanol–water partition coefficient (Wildman–Crippen LogP) is 1.59. The van der Waals surface area contributed by atoms with Crippen molar-refractivity contribution in [2.45, 2.75) is 26.7 Å². The maximum atomic E-state index is 5.34. The normalized spacial score (nSPS) is 16.6. The first-order valence-corrected chi connectivity index (χ1v) is 7.56. The molecule has 0 aliphatic carbocycles. The van der Waals surface area contributed by atoms with Crippen LogP contribution in [0.2, 0.25) is 0 Å². The second kappa shape index (κ2) is 6.26. The van der Waals surface area contributed by atoms with E-state index < -0.39 is 0 Å². The number of rotatable bonds is 5. The fourth-order valence-electron chi connectivity index (χ4n) is 2.71. The third-order valence-corrected chi connectivity index (χ3v) is 4.01. The molecule has 0 saturated carbocycles. The van der Waals surface area contributed by atoms with Crippen molar-refractivity contribution in [2.24, 2.45) is 5.92 Å². The molecular weight excluding hydrogens is 268 g/mol. The van der Waals surface area contributed by atoms with Gasteiger partial charge in [0.25, 0.3) is 0 Å². The van der Waals surface area contributed by atoms with Gasteiger partial charge in [0, 0.05) is 13.1 Å². The Morgan fingerprint density at radius 1 is 1.43 bits per heavy atom. The number of anilines is 1. The fourth-order valence-corrected chi connectivity index (χ4v) is 2.71. The lowest BCUT2D eigenvalue weighted by Gasteiger charge is -2.31. The second-order valence-electron chi connectivity index (χ2n) is 5.49. The van der Waals surface area contributed by atoms with Crippen molar-refractivity contribution < 1.29 is 4.42 Å². The fraction of sp³-hybridized carbons (Fsp3) is 0.643. The first kappa shape index (κ1) is 14.1. The molecule has 3 rings (SSSR count). The standard InChI is InChI=1S/C14H22N6O/c1-3-15-8-11-4-6-20(7-5-11)14-17-13(18-19-14)12-10(2)16-9-21-12/h9,11,15H,3-8H2,1-2H3,(H,17,18,19). The Labute approximate surface area is 124 Å². The minimum absolute atomic E-state index is 0.648. The molecule has 21 heavy (non-hydrogen) atoms. The summed E-state index contributed by atoms with van der Waals surface area (Å²) in [4.78, 5) is 10.8. The number of nitrogens with one attached hydrogen (secondary N) is 2. The van der Waals surface area contributed by atoms with Crippen molar-refractivity contribution in [3.8, 4) is 11.6 Å². The number of H-pyrrole nitrogens is 1. The van der Waals surface area contributed by atoms with Crippen LogP contribution in [0.15, 0.2) is 10.8 Å². The number of nitrogens with zero attached hydrogens (tertiary/aromatic N) is 4. The zero-order valence-electron chi connectivity index (χ0n) is 12.6. The first-order valence-electron chi connectivity index (χ1n) is 7.56. The Morgan fingerprint density at radius 3 is 2.90 bits per heavy atom. The van der Waals surface area contributed by atoms with Crippen LogP contribution < -0.4 is 10.2 Å². The van der Waals surface area contributed by atoms with Crippen molar-refractivity contribution in [2.75, 3.05) is 31.1 Å². The summed E-state index contributed by atoms with van der Waals surface area (Å²) in [7, 11) is 0. The highest BCUT2D eigenvalue weighted by Crippen LogP contribution is 2.23. The summed E-state index contributed by atoms with van der Waals surface area (Å²) in [6.45, 7) is 8.20. The lowest BCUT2D eigenvalue weighted by Crippen LogP contribution is -2.37. The summed E-state index contributed by atoms with van der Waals surface area (Å²) in [5.41, 5.74) is 0.821. The molecule has 0 spiro atoms. The van der Waals surface area contributed by atoms with Crippen LogP contribution in [-0.4, -0.2) is 46.3 Å². The van der Waals surface area contributed by atoms with Gasteiger partial charge in [-0.1, -0.05) is 6.92 Å². The molecule has 2 aromatic heterocycles. The van der Waals surface area contributed by atoms with Crippen molar-refractivity contribution >= 4 is 5.95 Å². The highest BCUT2D eigenvalue weighted by atomic mass is 16.3.